The molecule has 0 bridgehead atoms. The van der Waals surface area contributed by atoms with Gasteiger partial charge in [0.15, 0.2) is 5.82 Å². The van der Waals surface area contributed by atoms with Crippen LogP contribution in [0.25, 0.3) is 0 Å². The number of piperidine rings is 1. The molecule has 1 aromatic heterocycles. The van der Waals surface area contributed by atoms with Crippen LogP contribution in [0.4, 0.5) is 0 Å². The molecule has 1 aromatic rings. The van der Waals surface area contributed by atoms with Crippen LogP contribution in [0.3, 0.4) is 0 Å². The van der Waals surface area contributed by atoms with Crippen molar-refractivity contribution in [2.24, 2.45) is 11.8 Å². The summed E-state index contributed by atoms with van der Waals surface area (Å²) in [6, 6.07) is 0. The van der Waals surface area contributed by atoms with Crippen LogP contribution in [0.2, 0.25) is 0 Å². The highest BCUT2D eigenvalue weighted by atomic mass is 16.5. The summed E-state index contributed by atoms with van der Waals surface area (Å²) in [5.74, 6) is 3.77. The second-order valence-corrected chi connectivity index (χ2v) is 5.28. The Kier molecular flexibility index (Phi) is 2.67. The number of rotatable bonds is 3. The third-order valence-corrected chi connectivity index (χ3v) is 3.79. The Morgan fingerprint density at radius 2 is 2.38 bits per heavy atom. The minimum Gasteiger partial charge on any atom is -0.339 e. The number of nitrogens with zero attached hydrogens (tertiary/aromatic N) is 2. The average Bonchev–Trinajstić information content (AvgIpc) is 2.86. The second-order valence-electron chi connectivity index (χ2n) is 5.28. The monoisotopic (exact) mass is 221 g/mol. The van der Waals surface area contributed by atoms with Gasteiger partial charge in [-0.15, -0.1) is 0 Å². The Bertz CT molecular complexity index is 357. The molecule has 88 valence electrons. The van der Waals surface area contributed by atoms with E-state index in [2.05, 4.69) is 22.4 Å². The molecule has 1 aliphatic carbocycles. The normalized spacial score (nSPS) is 33.9. The van der Waals surface area contributed by atoms with Crippen LogP contribution < -0.4 is 5.32 Å². The molecule has 1 aliphatic heterocycles. The zero-order chi connectivity index (χ0) is 11.0. The lowest BCUT2D eigenvalue weighted by atomic mass is 9.96. The molecule has 1 saturated heterocycles. The minimum atomic E-state index is 0.571. The maximum absolute atomic E-state index is 5.33. The van der Waals surface area contributed by atoms with Gasteiger partial charge in [0.2, 0.25) is 5.89 Å². The van der Waals surface area contributed by atoms with Crippen molar-refractivity contribution in [3.8, 4) is 0 Å². The summed E-state index contributed by atoms with van der Waals surface area (Å²) in [4.78, 5) is 4.51. The molecule has 2 fully saturated rings. The van der Waals surface area contributed by atoms with Gasteiger partial charge in [0.05, 0.1) is 0 Å². The van der Waals surface area contributed by atoms with Crippen LogP contribution in [-0.2, 0) is 6.42 Å². The van der Waals surface area contributed by atoms with Crippen molar-refractivity contribution in [3.63, 3.8) is 0 Å². The van der Waals surface area contributed by atoms with E-state index in [9.17, 15) is 0 Å². The van der Waals surface area contributed by atoms with Crippen molar-refractivity contribution in [3.05, 3.63) is 11.7 Å². The first-order valence-corrected chi connectivity index (χ1v) is 6.36. The Balaban J connectivity index is 1.59. The summed E-state index contributed by atoms with van der Waals surface area (Å²) in [5.41, 5.74) is 0. The quantitative estimate of drug-likeness (QED) is 0.844. The third-order valence-electron chi connectivity index (χ3n) is 3.79. The van der Waals surface area contributed by atoms with E-state index in [4.69, 9.17) is 4.52 Å². The van der Waals surface area contributed by atoms with Gasteiger partial charge in [-0.2, -0.15) is 4.98 Å². The van der Waals surface area contributed by atoms with Gasteiger partial charge in [-0.3, -0.25) is 0 Å². The number of aromatic nitrogens is 2. The molecule has 3 rings (SSSR count). The van der Waals surface area contributed by atoms with Crippen LogP contribution >= 0.6 is 0 Å². The molecule has 16 heavy (non-hydrogen) atoms. The highest BCUT2D eigenvalue weighted by Gasteiger charge is 2.38. The van der Waals surface area contributed by atoms with Crippen LogP contribution in [0.1, 0.15) is 43.8 Å². The van der Waals surface area contributed by atoms with Crippen molar-refractivity contribution in [1.29, 1.82) is 0 Å². The molecule has 1 N–H and O–H groups in total. The maximum atomic E-state index is 5.33. The van der Waals surface area contributed by atoms with E-state index in [1.165, 1.54) is 19.3 Å². The molecule has 2 aliphatic rings. The SMILES string of the molecule is CC1CC1c1noc(CC2CCCNC2)n1. The summed E-state index contributed by atoms with van der Waals surface area (Å²) in [5, 5.41) is 7.50. The Labute approximate surface area is 95.8 Å². The van der Waals surface area contributed by atoms with Crippen LogP contribution in [0.5, 0.6) is 0 Å². The maximum Gasteiger partial charge on any atom is 0.226 e. The van der Waals surface area contributed by atoms with E-state index in [1.807, 2.05) is 0 Å². The van der Waals surface area contributed by atoms with Gasteiger partial charge >= 0.3 is 0 Å². The first-order chi connectivity index (χ1) is 7.83. The fourth-order valence-corrected chi connectivity index (χ4v) is 2.53. The van der Waals surface area contributed by atoms with Gasteiger partial charge in [-0.1, -0.05) is 12.1 Å². The summed E-state index contributed by atoms with van der Waals surface area (Å²) >= 11 is 0. The van der Waals surface area contributed by atoms with Crippen molar-refractivity contribution in [2.75, 3.05) is 13.1 Å². The highest BCUT2D eigenvalue weighted by Crippen LogP contribution is 2.45. The van der Waals surface area contributed by atoms with Gasteiger partial charge in [-0.05, 0) is 44.2 Å². The molecular weight excluding hydrogens is 202 g/mol. The Hall–Kier alpha value is -0.900. The molecule has 0 radical (unpaired) electrons. The highest BCUT2D eigenvalue weighted by molar-refractivity contribution is 5.07. The number of hydrogen-bond donors (Lipinski definition) is 1. The van der Waals surface area contributed by atoms with Gasteiger partial charge < -0.3 is 9.84 Å². The Morgan fingerprint density at radius 3 is 3.06 bits per heavy atom. The minimum absolute atomic E-state index is 0.571. The van der Waals surface area contributed by atoms with Gasteiger partial charge in [0.1, 0.15) is 0 Å². The molecule has 1 saturated carbocycles. The zero-order valence-electron chi connectivity index (χ0n) is 9.78. The van der Waals surface area contributed by atoms with E-state index in [1.54, 1.807) is 0 Å². The largest absolute Gasteiger partial charge is 0.339 e. The van der Waals surface area contributed by atoms with E-state index in [0.717, 1.165) is 37.1 Å². The predicted octanol–water partition coefficient (Wildman–Crippen LogP) is 1.74. The number of nitrogens with one attached hydrogen (secondary N) is 1. The zero-order valence-corrected chi connectivity index (χ0v) is 9.78. The van der Waals surface area contributed by atoms with E-state index in [-0.39, 0.29) is 0 Å². The second kappa shape index (κ2) is 4.17. The fourth-order valence-electron chi connectivity index (χ4n) is 2.53. The molecule has 3 unspecified atom stereocenters. The summed E-state index contributed by atoms with van der Waals surface area (Å²) in [7, 11) is 0. The number of hydrogen-bond acceptors (Lipinski definition) is 4. The van der Waals surface area contributed by atoms with Crippen LogP contribution in [0, 0.1) is 11.8 Å². The first kappa shape index (κ1) is 10.3. The molecule has 3 atom stereocenters. The lowest BCUT2D eigenvalue weighted by molar-refractivity contribution is 0.314. The van der Waals surface area contributed by atoms with Gasteiger partial charge in [0.25, 0.3) is 0 Å². The first-order valence-electron chi connectivity index (χ1n) is 6.36. The average molecular weight is 221 g/mol. The predicted molar refractivity (Wildman–Crippen MR) is 60.1 cm³/mol. The van der Waals surface area contributed by atoms with Crippen molar-refractivity contribution in [2.45, 2.75) is 38.5 Å². The van der Waals surface area contributed by atoms with Crippen LogP contribution in [0.15, 0.2) is 4.52 Å². The smallest absolute Gasteiger partial charge is 0.226 e. The molecule has 0 aromatic carbocycles. The molecule has 4 heteroatoms. The Morgan fingerprint density at radius 1 is 1.50 bits per heavy atom. The van der Waals surface area contributed by atoms with Crippen molar-refractivity contribution < 1.29 is 4.52 Å². The molecular formula is C12H19N3O. The molecule has 2 heterocycles. The summed E-state index contributed by atoms with van der Waals surface area (Å²) in [6.07, 6.45) is 4.72. The molecule has 4 nitrogen and oxygen atoms in total. The van der Waals surface area contributed by atoms with E-state index in [0.29, 0.717) is 11.8 Å². The fraction of sp³-hybridized carbons (Fsp3) is 0.833. The van der Waals surface area contributed by atoms with E-state index < -0.39 is 0 Å². The van der Waals surface area contributed by atoms with E-state index >= 15 is 0 Å². The third kappa shape index (κ3) is 2.12. The lowest BCUT2D eigenvalue weighted by Crippen LogP contribution is -2.30. The summed E-state index contributed by atoms with van der Waals surface area (Å²) in [6.45, 7) is 4.49. The molecule has 0 spiro atoms. The van der Waals surface area contributed by atoms with Crippen molar-refractivity contribution >= 4 is 0 Å². The van der Waals surface area contributed by atoms with Gasteiger partial charge in [0, 0.05) is 12.3 Å². The van der Waals surface area contributed by atoms with Crippen molar-refractivity contribution in [1.82, 2.24) is 15.5 Å². The van der Waals surface area contributed by atoms with Gasteiger partial charge in [-0.25, -0.2) is 0 Å². The lowest BCUT2D eigenvalue weighted by Gasteiger charge is -2.20. The topological polar surface area (TPSA) is 51.0 Å². The van der Waals surface area contributed by atoms with Crippen LogP contribution in [-0.4, -0.2) is 23.2 Å². The molecule has 0 amide bonds. The summed E-state index contributed by atoms with van der Waals surface area (Å²) < 4.78 is 5.33. The standard InChI is InChI=1S/C12H19N3O/c1-8-5-10(8)12-14-11(16-15-12)6-9-3-2-4-13-7-9/h8-10,13H,2-7H2,1H3.